The molecule has 0 fully saturated rings. The number of nitrogens with zero attached hydrogens (tertiary/aromatic N) is 3. The number of aromatic nitrogens is 3. The minimum Gasteiger partial charge on any atom is -0.465 e. The molecular formula is C24H20N4O3S. The van der Waals surface area contributed by atoms with Gasteiger partial charge in [-0.15, -0.1) is 0 Å². The highest BCUT2D eigenvalue weighted by Gasteiger charge is 2.08. The van der Waals surface area contributed by atoms with Gasteiger partial charge in [0, 0.05) is 22.9 Å². The molecule has 32 heavy (non-hydrogen) atoms. The zero-order chi connectivity index (χ0) is 22.5. The molecule has 4 aromatic rings. The van der Waals surface area contributed by atoms with Crippen LogP contribution in [-0.4, -0.2) is 27.7 Å². The SMILES string of the molecule is CCc1nn2c(=O)cc(CNc3cccc(C#Cc4cccc(C(=O)OC)c4)c3)nc2s1. The van der Waals surface area contributed by atoms with Gasteiger partial charge in [0.25, 0.3) is 5.56 Å². The summed E-state index contributed by atoms with van der Waals surface area (Å²) in [4.78, 5) is 29.1. The van der Waals surface area contributed by atoms with Crippen LogP contribution in [0, 0.1) is 11.8 Å². The topological polar surface area (TPSA) is 85.6 Å². The van der Waals surface area contributed by atoms with E-state index < -0.39 is 5.97 Å². The molecular weight excluding hydrogens is 424 g/mol. The maximum Gasteiger partial charge on any atom is 0.337 e. The van der Waals surface area contributed by atoms with Gasteiger partial charge in [-0.05, 0) is 42.8 Å². The first kappa shape index (κ1) is 21.3. The lowest BCUT2D eigenvalue weighted by Gasteiger charge is -2.06. The third kappa shape index (κ3) is 4.85. The molecule has 160 valence electrons. The van der Waals surface area contributed by atoms with Crippen molar-refractivity contribution in [1.29, 1.82) is 0 Å². The Morgan fingerprint density at radius 3 is 2.62 bits per heavy atom. The van der Waals surface area contributed by atoms with Crippen LogP contribution in [0.15, 0.2) is 59.4 Å². The summed E-state index contributed by atoms with van der Waals surface area (Å²) in [5.74, 6) is 5.78. The molecule has 4 rings (SSSR count). The first-order valence-corrected chi connectivity index (χ1v) is 10.8. The third-order valence-electron chi connectivity index (χ3n) is 4.61. The van der Waals surface area contributed by atoms with E-state index in [1.54, 1.807) is 18.2 Å². The van der Waals surface area contributed by atoms with Gasteiger partial charge in [0.05, 0.1) is 24.9 Å². The molecule has 0 aliphatic carbocycles. The second-order valence-electron chi connectivity index (χ2n) is 6.89. The van der Waals surface area contributed by atoms with E-state index in [1.807, 2.05) is 37.3 Å². The lowest BCUT2D eigenvalue weighted by Crippen LogP contribution is -2.16. The van der Waals surface area contributed by atoms with E-state index in [2.05, 4.69) is 27.2 Å². The maximum atomic E-state index is 12.3. The van der Waals surface area contributed by atoms with Crippen LogP contribution < -0.4 is 10.9 Å². The largest absolute Gasteiger partial charge is 0.465 e. The fraction of sp³-hybridized carbons (Fsp3) is 0.167. The molecule has 0 unspecified atom stereocenters. The number of benzene rings is 2. The number of aryl methyl sites for hydroxylation is 1. The molecule has 0 saturated heterocycles. The van der Waals surface area contributed by atoms with E-state index >= 15 is 0 Å². The van der Waals surface area contributed by atoms with Crippen molar-refractivity contribution in [2.24, 2.45) is 0 Å². The number of hydrogen-bond acceptors (Lipinski definition) is 7. The highest BCUT2D eigenvalue weighted by Crippen LogP contribution is 2.14. The van der Waals surface area contributed by atoms with Gasteiger partial charge in [-0.1, -0.05) is 42.2 Å². The van der Waals surface area contributed by atoms with Crippen molar-refractivity contribution in [2.75, 3.05) is 12.4 Å². The van der Waals surface area contributed by atoms with Crippen molar-refractivity contribution in [3.63, 3.8) is 0 Å². The molecule has 0 atom stereocenters. The lowest BCUT2D eigenvalue weighted by atomic mass is 10.1. The number of rotatable bonds is 5. The van der Waals surface area contributed by atoms with Gasteiger partial charge in [0.2, 0.25) is 4.96 Å². The molecule has 0 amide bonds. The molecule has 0 spiro atoms. The van der Waals surface area contributed by atoms with Gasteiger partial charge in [0.1, 0.15) is 5.01 Å². The van der Waals surface area contributed by atoms with Gasteiger partial charge in [-0.25, -0.2) is 9.78 Å². The van der Waals surface area contributed by atoms with Gasteiger partial charge < -0.3 is 10.1 Å². The first-order chi connectivity index (χ1) is 15.6. The van der Waals surface area contributed by atoms with Crippen LogP contribution in [0.5, 0.6) is 0 Å². The summed E-state index contributed by atoms with van der Waals surface area (Å²) in [5, 5.41) is 8.43. The molecule has 0 aliphatic rings. The van der Waals surface area contributed by atoms with E-state index in [9.17, 15) is 9.59 Å². The minimum absolute atomic E-state index is 0.184. The Labute approximate surface area is 188 Å². The number of ether oxygens (including phenoxy) is 1. The van der Waals surface area contributed by atoms with Crippen LogP contribution >= 0.6 is 11.3 Å². The number of fused-ring (bicyclic) bond motifs is 1. The fourth-order valence-electron chi connectivity index (χ4n) is 3.01. The van der Waals surface area contributed by atoms with Crippen molar-refractivity contribution in [3.05, 3.63) is 92.3 Å². The Morgan fingerprint density at radius 1 is 1.12 bits per heavy atom. The standard InChI is InChI=1S/C24H20N4O3S/c1-3-21-27-28-22(29)14-20(26-24(28)32-21)15-25-19-9-5-7-17(13-19)11-10-16-6-4-8-18(12-16)23(30)31-2/h4-9,12-14,25H,3,15H2,1-2H3. The highest BCUT2D eigenvalue weighted by molar-refractivity contribution is 7.16. The van der Waals surface area contributed by atoms with Crippen LogP contribution in [0.25, 0.3) is 4.96 Å². The average molecular weight is 445 g/mol. The summed E-state index contributed by atoms with van der Waals surface area (Å²) >= 11 is 1.42. The van der Waals surface area contributed by atoms with Crippen LogP contribution in [0.1, 0.15) is 39.1 Å². The van der Waals surface area contributed by atoms with E-state index in [-0.39, 0.29) is 5.56 Å². The van der Waals surface area contributed by atoms with Crippen molar-refractivity contribution in [1.82, 2.24) is 14.6 Å². The van der Waals surface area contributed by atoms with Crippen LogP contribution in [0.2, 0.25) is 0 Å². The number of hydrogen-bond donors (Lipinski definition) is 1. The molecule has 2 aromatic carbocycles. The molecule has 7 nitrogen and oxygen atoms in total. The smallest absolute Gasteiger partial charge is 0.337 e. The van der Waals surface area contributed by atoms with Gasteiger partial charge in [-0.2, -0.15) is 9.61 Å². The summed E-state index contributed by atoms with van der Waals surface area (Å²) in [6.45, 7) is 2.40. The number of esters is 1. The van der Waals surface area contributed by atoms with Crippen LogP contribution in [0.4, 0.5) is 5.69 Å². The van der Waals surface area contributed by atoms with E-state index in [0.717, 1.165) is 28.2 Å². The Morgan fingerprint density at radius 2 is 1.88 bits per heavy atom. The van der Waals surface area contributed by atoms with Crippen LogP contribution in [0.3, 0.4) is 0 Å². The molecule has 0 aliphatic heterocycles. The summed E-state index contributed by atoms with van der Waals surface area (Å²) < 4.78 is 6.09. The maximum absolute atomic E-state index is 12.3. The molecule has 8 heteroatoms. The van der Waals surface area contributed by atoms with Crippen molar-refractivity contribution >= 4 is 28.0 Å². The number of anilines is 1. The van der Waals surface area contributed by atoms with E-state index in [0.29, 0.717) is 22.8 Å². The van der Waals surface area contributed by atoms with E-state index in [1.165, 1.54) is 29.0 Å². The number of nitrogens with one attached hydrogen (secondary N) is 1. The zero-order valence-corrected chi connectivity index (χ0v) is 18.4. The summed E-state index contributed by atoms with van der Waals surface area (Å²) in [6.07, 6.45) is 0.766. The van der Waals surface area contributed by atoms with Gasteiger partial charge >= 0.3 is 5.97 Å². The molecule has 0 saturated carbocycles. The summed E-state index contributed by atoms with van der Waals surface area (Å²) in [7, 11) is 1.35. The van der Waals surface area contributed by atoms with Crippen LogP contribution in [-0.2, 0) is 17.7 Å². The predicted octanol–water partition coefficient (Wildman–Crippen LogP) is 3.51. The molecule has 1 N–H and O–H groups in total. The fourth-order valence-corrected chi connectivity index (χ4v) is 3.87. The van der Waals surface area contributed by atoms with Gasteiger partial charge in [-0.3, -0.25) is 4.79 Å². The van der Waals surface area contributed by atoms with Crippen molar-refractivity contribution in [2.45, 2.75) is 19.9 Å². The molecule has 0 radical (unpaired) electrons. The molecule has 0 bridgehead atoms. The quantitative estimate of drug-likeness (QED) is 0.375. The predicted molar refractivity (Wildman–Crippen MR) is 124 cm³/mol. The van der Waals surface area contributed by atoms with E-state index in [4.69, 9.17) is 4.74 Å². The Bertz CT molecular complexity index is 1410. The molecule has 2 aromatic heterocycles. The summed E-state index contributed by atoms with van der Waals surface area (Å²) in [5.41, 5.74) is 3.33. The van der Waals surface area contributed by atoms with Gasteiger partial charge in [0.15, 0.2) is 0 Å². The average Bonchev–Trinajstić information content (AvgIpc) is 3.25. The number of carbonyl (C=O) groups is 1. The highest BCUT2D eigenvalue weighted by atomic mass is 32.1. The first-order valence-electron chi connectivity index (χ1n) is 9.98. The third-order valence-corrected chi connectivity index (χ3v) is 5.67. The van der Waals surface area contributed by atoms with Crippen molar-refractivity contribution in [3.8, 4) is 11.8 Å². The normalized spacial score (nSPS) is 10.4. The summed E-state index contributed by atoms with van der Waals surface area (Å²) in [6, 6.07) is 16.1. The zero-order valence-electron chi connectivity index (χ0n) is 17.6. The molecule has 2 heterocycles. The Hall–Kier alpha value is -3.96. The Kier molecular flexibility index (Phi) is 6.29. The second kappa shape index (κ2) is 9.45. The lowest BCUT2D eigenvalue weighted by molar-refractivity contribution is 0.0600. The number of methoxy groups -OCH3 is 1. The second-order valence-corrected chi connectivity index (χ2v) is 7.93. The Balaban J connectivity index is 1.49. The van der Waals surface area contributed by atoms with Crippen molar-refractivity contribution < 1.29 is 9.53 Å². The number of carbonyl (C=O) groups excluding carboxylic acids is 1. The minimum atomic E-state index is -0.393. The monoisotopic (exact) mass is 444 g/mol.